The first-order valence-corrected chi connectivity index (χ1v) is 8.24. The fourth-order valence-electron chi connectivity index (χ4n) is 2.56. The summed E-state index contributed by atoms with van der Waals surface area (Å²) in [6.07, 6.45) is 3.51. The number of ether oxygens (including phenoxy) is 1. The van der Waals surface area contributed by atoms with Crippen LogP contribution in [0.25, 0.3) is 5.65 Å². The van der Waals surface area contributed by atoms with E-state index in [4.69, 9.17) is 4.74 Å². The van der Waals surface area contributed by atoms with Gasteiger partial charge in [-0.1, -0.05) is 0 Å². The zero-order valence-electron chi connectivity index (χ0n) is 14.8. The summed E-state index contributed by atoms with van der Waals surface area (Å²) in [5.74, 6) is 0.354. The first-order chi connectivity index (χ1) is 11.2. The Balaban J connectivity index is 1.85. The van der Waals surface area contributed by atoms with Gasteiger partial charge in [-0.15, -0.1) is 0 Å². The average Bonchev–Trinajstić information content (AvgIpc) is 3.23. The molecule has 1 aliphatic rings. The summed E-state index contributed by atoms with van der Waals surface area (Å²) >= 11 is 0. The van der Waals surface area contributed by atoms with Gasteiger partial charge in [0.05, 0.1) is 11.7 Å². The van der Waals surface area contributed by atoms with Crippen LogP contribution in [0.4, 0.5) is 4.79 Å². The minimum absolute atomic E-state index is 0.0513. The number of hydrogen-bond donors (Lipinski definition) is 1. The van der Waals surface area contributed by atoms with Gasteiger partial charge in [0.1, 0.15) is 11.2 Å². The van der Waals surface area contributed by atoms with Crippen LogP contribution in [-0.2, 0) is 4.74 Å². The molecule has 2 heterocycles. The molecule has 1 fully saturated rings. The van der Waals surface area contributed by atoms with E-state index >= 15 is 0 Å². The zero-order valence-corrected chi connectivity index (χ0v) is 14.8. The van der Waals surface area contributed by atoms with Crippen LogP contribution in [0, 0.1) is 0 Å². The van der Waals surface area contributed by atoms with Gasteiger partial charge in [-0.05, 0) is 46.5 Å². The van der Waals surface area contributed by atoms with Gasteiger partial charge < -0.3 is 14.6 Å². The number of amides is 1. The standard InChI is InChI=1S/C17H24N4O3/c1-10(20(5)16(23)24-17(2,3)4)13-8-14-18-15(22)12(11-6-7-11)9-21(14)19-13/h8-11H,6-7H2,1-5H3,(H,18,22)/t10-/m0/s1. The molecule has 7 nitrogen and oxygen atoms in total. The fourth-order valence-corrected chi connectivity index (χ4v) is 2.56. The number of aromatic amines is 1. The maximum absolute atomic E-state index is 12.2. The molecule has 2 aromatic heterocycles. The molecule has 0 aliphatic heterocycles. The number of carbonyl (C=O) groups is 1. The zero-order chi connectivity index (χ0) is 17.6. The highest BCUT2D eigenvalue weighted by atomic mass is 16.6. The third-order valence-corrected chi connectivity index (χ3v) is 4.23. The number of rotatable bonds is 3. The van der Waals surface area contributed by atoms with E-state index in [2.05, 4.69) is 10.1 Å². The minimum Gasteiger partial charge on any atom is -0.444 e. The van der Waals surface area contributed by atoms with Crippen LogP contribution >= 0.6 is 0 Å². The topological polar surface area (TPSA) is 79.7 Å². The molecule has 1 saturated carbocycles. The Hall–Kier alpha value is -2.31. The van der Waals surface area contributed by atoms with Gasteiger partial charge in [0.25, 0.3) is 5.56 Å². The molecule has 1 aliphatic carbocycles. The molecule has 1 N–H and O–H groups in total. The summed E-state index contributed by atoms with van der Waals surface area (Å²) < 4.78 is 7.07. The highest BCUT2D eigenvalue weighted by Gasteiger charge is 2.28. The van der Waals surface area contributed by atoms with Crippen molar-refractivity contribution in [1.82, 2.24) is 19.5 Å². The van der Waals surface area contributed by atoms with Crippen LogP contribution in [0.15, 0.2) is 17.1 Å². The molecular formula is C17H24N4O3. The second-order valence-electron chi connectivity index (χ2n) is 7.48. The highest BCUT2D eigenvalue weighted by Crippen LogP contribution is 2.38. The maximum Gasteiger partial charge on any atom is 0.410 e. The molecule has 2 aromatic rings. The Morgan fingerprint density at radius 2 is 2.12 bits per heavy atom. The number of H-pyrrole nitrogens is 1. The van der Waals surface area contributed by atoms with E-state index in [-0.39, 0.29) is 11.6 Å². The molecule has 7 heteroatoms. The van der Waals surface area contributed by atoms with Crippen LogP contribution in [0.5, 0.6) is 0 Å². The van der Waals surface area contributed by atoms with Gasteiger partial charge in [0, 0.05) is 24.9 Å². The largest absolute Gasteiger partial charge is 0.444 e. The van der Waals surface area contributed by atoms with Gasteiger partial charge in [0.15, 0.2) is 0 Å². The van der Waals surface area contributed by atoms with Crippen LogP contribution in [-0.4, -0.2) is 38.2 Å². The van der Waals surface area contributed by atoms with Gasteiger partial charge >= 0.3 is 6.09 Å². The molecule has 0 spiro atoms. The normalized spacial score (nSPS) is 16.2. The number of hydrogen-bond acceptors (Lipinski definition) is 4. The van der Waals surface area contributed by atoms with Crippen molar-refractivity contribution in [2.45, 2.75) is 58.1 Å². The summed E-state index contributed by atoms with van der Waals surface area (Å²) in [4.78, 5) is 28.7. The van der Waals surface area contributed by atoms with Crippen molar-refractivity contribution in [3.8, 4) is 0 Å². The van der Waals surface area contributed by atoms with Crippen molar-refractivity contribution in [1.29, 1.82) is 0 Å². The predicted octanol–water partition coefficient (Wildman–Crippen LogP) is 2.83. The Bertz CT molecular complexity index is 826. The summed E-state index contributed by atoms with van der Waals surface area (Å²) in [7, 11) is 1.68. The second kappa shape index (κ2) is 5.65. The van der Waals surface area contributed by atoms with Crippen molar-refractivity contribution in [3.05, 3.63) is 33.9 Å². The molecule has 3 rings (SSSR count). The Labute approximate surface area is 140 Å². The van der Waals surface area contributed by atoms with E-state index in [1.54, 1.807) is 23.8 Å². The number of fused-ring (bicyclic) bond motifs is 1. The lowest BCUT2D eigenvalue weighted by molar-refractivity contribution is 0.0230. The van der Waals surface area contributed by atoms with Crippen LogP contribution in [0.1, 0.15) is 63.8 Å². The molecular weight excluding hydrogens is 308 g/mol. The van der Waals surface area contributed by atoms with E-state index in [1.807, 2.05) is 27.7 Å². The van der Waals surface area contributed by atoms with Crippen molar-refractivity contribution >= 4 is 11.7 Å². The molecule has 1 atom stereocenters. The van der Waals surface area contributed by atoms with Gasteiger partial charge in [-0.3, -0.25) is 4.79 Å². The second-order valence-corrected chi connectivity index (χ2v) is 7.48. The van der Waals surface area contributed by atoms with E-state index in [0.717, 1.165) is 18.4 Å². The molecule has 0 saturated heterocycles. The van der Waals surface area contributed by atoms with E-state index < -0.39 is 11.7 Å². The Morgan fingerprint density at radius 3 is 2.71 bits per heavy atom. The molecule has 1 amide bonds. The number of carbonyl (C=O) groups excluding carboxylic acids is 1. The molecule has 0 unspecified atom stereocenters. The first kappa shape index (κ1) is 16.5. The summed E-state index contributed by atoms with van der Waals surface area (Å²) in [5, 5.41) is 4.52. The predicted molar refractivity (Wildman–Crippen MR) is 90.2 cm³/mol. The van der Waals surface area contributed by atoms with Gasteiger partial charge in [-0.25, -0.2) is 9.31 Å². The summed E-state index contributed by atoms with van der Waals surface area (Å²) in [5.41, 5.74) is 1.51. The minimum atomic E-state index is -0.547. The molecule has 0 radical (unpaired) electrons. The van der Waals surface area contributed by atoms with Crippen LogP contribution in [0.3, 0.4) is 0 Å². The highest BCUT2D eigenvalue weighted by molar-refractivity contribution is 5.68. The fraction of sp³-hybridized carbons (Fsp3) is 0.588. The first-order valence-electron chi connectivity index (χ1n) is 8.24. The third kappa shape index (κ3) is 3.29. The van der Waals surface area contributed by atoms with E-state index in [0.29, 0.717) is 17.3 Å². The van der Waals surface area contributed by atoms with Crippen molar-refractivity contribution < 1.29 is 9.53 Å². The monoisotopic (exact) mass is 332 g/mol. The quantitative estimate of drug-likeness (QED) is 0.937. The lowest BCUT2D eigenvalue weighted by Gasteiger charge is -2.27. The van der Waals surface area contributed by atoms with Crippen molar-refractivity contribution in [2.24, 2.45) is 0 Å². The lowest BCUT2D eigenvalue weighted by Crippen LogP contribution is -2.35. The summed E-state index contributed by atoms with van der Waals surface area (Å²) in [6, 6.07) is 1.52. The average molecular weight is 332 g/mol. The van der Waals surface area contributed by atoms with E-state index in [1.165, 1.54) is 4.90 Å². The molecule has 0 bridgehead atoms. The van der Waals surface area contributed by atoms with Crippen LogP contribution < -0.4 is 5.56 Å². The third-order valence-electron chi connectivity index (χ3n) is 4.23. The molecule has 24 heavy (non-hydrogen) atoms. The van der Waals surface area contributed by atoms with Crippen LogP contribution in [0.2, 0.25) is 0 Å². The lowest BCUT2D eigenvalue weighted by atomic mass is 10.2. The SMILES string of the molecule is C[C@@H](c1cc2[nH]c(=O)c(C3CC3)cn2n1)N(C)C(=O)OC(C)(C)C. The smallest absolute Gasteiger partial charge is 0.410 e. The Morgan fingerprint density at radius 1 is 1.46 bits per heavy atom. The van der Waals surface area contributed by atoms with Gasteiger partial charge in [0.2, 0.25) is 0 Å². The van der Waals surface area contributed by atoms with E-state index in [9.17, 15) is 9.59 Å². The molecule has 130 valence electrons. The van der Waals surface area contributed by atoms with Crippen molar-refractivity contribution in [2.75, 3.05) is 7.05 Å². The number of nitrogens with one attached hydrogen (secondary N) is 1. The Kier molecular flexibility index (Phi) is 3.89. The van der Waals surface area contributed by atoms with Gasteiger partial charge in [-0.2, -0.15) is 5.10 Å². The number of aromatic nitrogens is 3. The maximum atomic E-state index is 12.2. The van der Waals surface area contributed by atoms with Crippen molar-refractivity contribution in [3.63, 3.8) is 0 Å². The number of nitrogens with zero attached hydrogens (tertiary/aromatic N) is 3. The summed E-state index contributed by atoms with van der Waals surface area (Å²) in [6.45, 7) is 7.38. The molecule has 0 aromatic carbocycles.